The first-order valence-corrected chi connectivity index (χ1v) is 8.95. The van der Waals surface area contributed by atoms with Gasteiger partial charge in [-0.25, -0.2) is 0 Å². The second-order valence-corrected chi connectivity index (χ2v) is 6.96. The fourth-order valence-electron chi connectivity index (χ4n) is 3.21. The van der Waals surface area contributed by atoms with Gasteiger partial charge in [-0.05, 0) is 34.0 Å². The van der Waals surface area contributed by atoms with E-state index >= 15 is 0 Å². The maximum absolute atomic E-state index is 5.51. The van der Waals surface area contributed by atoms with E-state index in [0.717, 1.165) is 43.5 Å². The minimum Gasteiger partial charge on any atom is -0.496 e. The Labute approximate surface area is 152 Å². The van der Waals surface area contributed by atoms with E-state index in [0.29, 0.717) is 6.04 Å². The van der Waals surface area contributed by atoms with Crippen molar-refractivity contribution in [2.24, 2.45) is 4.99 Å². The molecule has 2 N–H and O–H groups in total. The fraction of sp³-hybridized carbons (Fsp3) is 0.632. The molecule has 2 unspecified atom stereocenters. The number of guanidine groups is 1. The molecule has 2 rings (SSSR count). The van der Waals surface area contributed by atoms with Crippen molar-refractivity contribution in [3.8, 4) is 5.75 Å². The highest BCUT2D eigenvalue weighted by Crippen LogP contribution is 2.25. The highest BCUT2D eigenvalue weighted by atomic mass is 16.5. The van der Waals surface area contributed by atoms with Gasteiger partial charge in [-0.15, -0.1) is 0 Å². The first-order chi connectivity index (χ1) is 11.9. The summed E-state index contributed by atoms with van der Waals surface area (Å²) in [6, 6.07) is 6.84. The maximum Gasteiger partial charge on any atom is 0.191 e. The summed E-state index contributed by atoms with van der Waals surface area (Å²) in [5, 5.41) is 6.95. The van der Waals surface area contributed by atoms with Crippen molar-refractivity contribution >= 4 is 5.96 Å². The lowest BCUT2D eigenvalue weighted by Gasteiger charge is -2.38. The molecule has 1 aliphatic rings. The molecule has 1 aromatic rings. The predicted octanol–water partition coefficient (Wildman–Crippen LogP) is 1.48. The van der Waals surface area contributed by atoms with Gasteiger partial charge in [0, 0.05) is 44.8 Å². The van der Waals surface area contributed by atoms with Crippen LogP contribution < -0.4 is 15.4 Å². The Morgan fingerprint density at radius 2 is 2.12 bits per heavy atom. The van der Waals surface area contributed by atoms with E-state index in [4.69, 9.17) is 4.74 Å². The minimum atomic E-state index is 0.104. The Bertz CT molecular complexity index is 589. The number of piperazine rings is 1. The lowest BCUT2D eigenvalue weighted by atomic mass is 10.0. The van der Waals surface area contributed by atoms with E-state index in [2.05, 4.69) is 65.5 Å². The van der Waals surface area contributed by atoms with Crippen LogP contribution in [-0.2, 0) is 0 Å². The van der Waals surface area contributed by atoms with Crippen molar-refractivity contribution in [1.82, 2.24) is 20.4 Å². The van der Waals surface area contributed by atoms with Crippen molar-refractivity contribution in [2.75, 3.05) is 54.4 Å². The summed E-state index contributed by atoms with van der Waals surface area (Å²) in [5.74, 6) is 1.72. The molecule has 25 heavy (non-hydrogen) atoms. The minimum absolute atomic E-state index is 0.104. The van der Waals surface area contributed by atoms with Gasteiger partial charge in [0.1, 0.15) is 5.75 Å². The molecule has 1 heterocycles. The lowest BCUT2D eigenvalue weighted by molar-refractivity contribution is 0.116. The summed E-state index contributed by atoms with van der Waals surface area (Å²) in [4.78, 5) is 9.17. The van der Waals surface area contributed by atoms with Gasteiger partial charge in [-0.3, -0.25) is 9.89 Å². The molecule has 140 valence electrons. The zero-order chi connectivity index (χ0) is 18.4. The van der Waals surface area contributed by atoms with Crippen LogP contribution in [0, 0.1) is 6.92 Å². The lowest BCUT2D eigenvalue weighted by Crippen LogP contribution is -2.55. The van der Waals surface area contributed by atoms with Crippen LogP contribution in [0.15, 0.2) is 23.2 Å². The molecule has 0 aliphatic carbocycles. The highest BCUT2D eigenvalue weighted by Gasteiger charge is 2.22. The first kappa shape index (κ1) is 19.5. The zero-order valence-corrected chi connectivity index (χ0v) is 16.5. The Balaban J connectivity index is 1.96. The summed E-state index contributed by atoms with van der Waals surface area (Å²) < 4.78 is 5.51. The quantitative estimate of drug-likeness (QED) is 0.624. The molecule has 1 saturated heterocycles. The largest absolute Gasteiger partial charge is 0.496 e. The van der Waals surface area contributed by atoms with Gasteiger partial charge in [-0.1, -0.05) is 17.7 Å². The molecule has 6 nitrogen and oxygen atoms in total. The van der Waals surface area contributed by atoms with E-state index in [1.165, 1.54) is 5.56 Å². The Morgan fingerprint density at radius 1 is 1.36 bits per heavy atom. The standard InChI is InChI=1S/C19H33N5O/c1-14-7-8-18(25-6)17(11-14)15(2)22-19(20-3)21-12-16-13-23(4)9-10-24(16)5/h7-8,11,15-16H,9-10,12-13H2,1-6H3,(H2,20,21,22). The molecule has 0 radical (unpaired) electrons. The monoisotopic (exact) mass is 347 g/mol. The fourth-order valence-corrected chi connectivity index (χ4v) is 3.21. The van der Waals surface area contributed by atoms with Gasteiger partial charge in [0.2, 0.25) is 0 Å². The van der Waals surface area contributed by atoms with Crippen LogP contribution in [0.4, 0.5) is 0 Å². The highest BCUT2D eigenvalue weighted by molar-refractivity contribution is 5.80. The second kappa shape index (κ2) is 9.06. The normalized spacial score (nSPS) is 21.0. The summed E-state index contributed by atoms with van der Waals surface area (Å²) in [6.07, 6.45) is 0. The average molecular weight is 348 g/mol. The molecule has 1 fully saturated rings. The summed E-state index contributed by atoms with van der Waals surface area (Å²) in [6.45, 7) is 8.40. The van der Waals surface area contributed by atoms with Crippen molar-refractivity contribution < 1.29 is 4.74 Å². The molecule has 0 amide bonds. The number of aliphatic imine (C=N–C) groups is 1. The molecule has 2 atom stereocenters. The number of nitrogens with one attached hydrogen (secondary N) is 2. The van der Waals surface area contributed by atoms with Crippen LogP contribution in [0.3, 0.4) is 0 Å². The number of benzene rings is 1. The SMILES string of the molecule is CN=C(NCC1CN(C)CCN1C)NC(C)c1cc(C)ccc1OC. The number of hydrogen-bond acceptors (Lipinski definition) is 4. The van der Waals surface area contributed by atoms with E-state index < -0.39 is 0 Å². The van der Waals surface area contributed by atoms with E-state index in [-0.39, 0.29) is 6.04 Å². The van der Waals surface area contributed by atoms with Gasteiger partial charge >= 0.3 is 0 Å². The molecule has 0 spiro atoms. The third-order valence-electron chi connectivity index (χ3n) is 4.91. The average Bonchev–Trinajstić information content (AvgIpc) is 2.60. The first-order valence-electron chi connectivity index (χ1n) is 8.95. The van der Waals surface area contributed by atoms with Gasteiger partial charge < -0.3 is 20.3 Å². The molecule has 6 heteroatoms. The summed E-state index contributed by atoms with van der Waals surface area (Å²) >= 11 is 0. The molecule has 0 bridgehead atoms. The molecule has 1 aliphatic heterocycles. The number of aryl methyl sites for hydroxylation is 1. The number of nitrogens with zero attached hydrogens (tertiary/aromatic N) is 3. The Hall–Kier alpha value is -1.79. The molecule has 1 aromatic carbocycles. The zero-order valence-electron chi connectivity index (χ0n) is 16.5. The van der Waals surface area contributed by atoms with Crippen molar-refractivity contribution in [3.05, 3.63) is 29.3 Å². The third-order valence-corrected chi connectivity index (χ3v) is 4.91. The third kappa shape index (κ3) is 5.34. The van der Waals surface area contributed by atoms with E-state index in [1.54, 1.807) is 7.11 Å². The molecule has 0 saturated carbocycles. The van der Waals surface area contributed by atoms with E-state index in [1.807, 2.05) is 13.1 Å². The van der Waals surface area contributed by atoms with Gasteiger partial charge in [0.25, 0.3) is 0 Å². The van der Waals surface area contributed by atoms with Crippen molar-refractivity contribution in [1.29, 1.82) is 0 Å². The maximum atomic E-state index is 5.51. The topological polar surface area (TPSA) is 52.1 Å². The smallest absolute Gasteiger partial charge is 0.191 e. The van der Waals surface area contributed by atoms with Crippen LogP contribution >= 0.6 is 0 Å². The van der Waals surface area contributed by atoms with Gasteiger partial charge in [-0.2, -0.15) is 0 Å². The Morgan fingerprint density at radius 3 is 2.80 bits per heavy atom. The number of ether oxygens (including phenoxy) is 1. The number of likely N-dealkylation sites (N-methyl/N-ethyl adjacent to an activating group) is 2. The number of hydrogen-bond donors (Lipinski definition) is 2. The molecule has 0 aromatic heterocycles. The van der Waals surface area contributed by atoms with Crippen LogP contribution in [-0.4, -0.2) is 76.2 Å². The van der Waals surface area contributed by atoms with Crippen LogP contribution in [0.2, 0.25) is 0 Å². The molecular formula is C19H33N5O. The summed E-state index contributed by atoms with van der Waals surface area (Å²) in [5.41, 5.74) is 2.36. The van der Waals surface area contributed by atoms with Crippen LogP contribution in [0.5, 0.6) is 5.75 Å². The van der Waals surface area contributed by atoms with Crippen molar-refractivity contribution in [3.63, 3.8) is 0 Å². The molecular weight excluding hydrogens is 314 g/mol. The van der Waals surface area contributed by atoms with Crippen molar-refractivity contribution in [2.45, 2.75) is 25.9 Å². The summed E-state index contributed by atoms with van der Waals surface area (Å²) in [7, 11) is 7.89. The van der Waals surface area contributed by atoms with Crippen LogP contribution in [0.1, 0.15) is 24.1 Å². The van der Waals surface area contributed by atoms with Crippen LogP contribution in [0.25, 0.3) is 0 Å². The van der Waals surface area contributed by atoms with Gasteiger partial charge in [0.15, 0.2) is 5.96 Å². The number of methoxy groups -OCH3 is 1. The second-order valence-electron chi connectivity index (χ2n) is 6.96. The Kier molecular flexibility index (Phi) is 7.08. The van der Waals surface area contributed by atoms with Gasteiger partial charge in [0.05, 0.1) is 13.2 Å². The van der Waals surface area contributed by atoms with E-state index in [9.17, 15) is 0 Å². The predicted molar refractivity (Wildman–Crippen MR) is 105 cm³/mol. The number of rotatable bonds is 5.